The van der Waals surface area contributed by atoms with Gasteiger partial charge in [0.2, 0.25) is 5.95 Å². The summed E-state index contributed by atoms with van der Waals surface area (Å²) in [4.78, 5) is 19.5. The highest BCUT2D eigenvalue weighted by atomic mass is 16.4. The third-order valence-corrected chi connectivity index (χ3v) is 4.53. The third kappa shape index (κ3) is 6.21. The molecule has 1 heterocycles. The molecule has 0 bridgehead atoms. The number of rotatable bonds is 10. The SMILES string of the molecule is CC[C@@H](CCCO)Nc1nc(N)nc(C)c1Cc1ccc(CC(=O)O)cc1. The number of nitrogens with zero attached hydrogens (tertiary/aromatic N) is 2. The Morgan fingerprint density at radius 1 is 1.22 bits per heavy atom. The largest absolute Gasteiger partial charge is 0.481 e. The minimum absolute atomic E-state index is 0.0140. The predicted octanol–water partition coefficient (Wildman–Crippen LogP) is 2.55. The molecule has 0 radical (unpaired) electrons. The molecule has 0 aliphatic rings. The Bertz CT molecular complexity index is 763. The van der Waals surface area contributed by atoms with Crippen LogP contribution in [-0.4, -0.2) is 38.8 Å². The fraction of sp³-hybridized carbons (Fsp3) is 0.450. The minimum atomic E-state index is -0.842. The minimum Gasteiger partial charge on any atom is -0.481 e. The Hall–Kier alpha value is -2.67. The third-order valence-electron chi connectivity index (χ3n) is 4.53. The fourth-order valence-corrected chi connectivity index (χ4v) is 3.01. The van der Waals surface area contributed by atoms with E-state index in [2.05, 4.69) is 22.2 Å². The van der Waals surface area contributed by atoms with Crippen molar-refractivity contribution in [3.8, 4) is 0 Å². The molecule has 5 N–H and O–H groups in total. The molecule has 1 aromatic heterocycles. The van der Waals surface area contributed by atoms with Crippen molar-refractivity contribution in [3.05, 3.63) is 46.6 Å². The summed E-state index contributed by atoms with van der Waals surface area (Å²) in [5.41, 5.74) is 9.45. The summed E-state index contributed by atoms with van der Waals surface area (Å²) in [7, 11) is 0. The van der Waals surface area contributed by atoms with E-state index in [1.165, 1.54) is 0 Å². The Balaban J connectivity index is 2.23. The molecule has 2 aromatic rings. The summed E-state index contributed by atoms with van der Waals surface area (Å²) in [6.07, 6.45) is 3.12. The van der Waals surface area contributed by atoms with E-state index in [4.69, 9.17) is 15.9 Å². The zero-order valence-electron chi connectivity index (χ0n) is 15.9. The normalized spacial score (nSPS) is 12.0. The van der Waals surface area contributed by atoms with E-state index in [0.29, 0.717) is 6.42 Å². The molecule has 0 aliphatic carbocycles. The number of hydrogen-bond acceptors (Lipinski definition) is 6. The van der Waals surface area contributed by atoms with E-state index < -0.39 is 5.97 Å². The fourth-order valence-electron chi connectivity index (χ4n) is 3.01. The molecular weight excluding hydrogens is 344 g/mol. The van der Waals surface area contributed by atoms with Gasteiger partial charge in [0.15, 0.2) is 0 Å². The number of aliphatic carboxylic acids is 1. The number of hydrogen-bond donors (Lipinski definition) is 4. The highest BCUT2D eigenvalue weighted by Gasteiger charge is 2.15. The quantitative estimate of drug-likeness (QED) is 0.505. The topological polar surface area (TPSA) is 121 Å². The van der Waals surface area contributed by atoms with Crippen LogP contribution in [0.25, 0.3) is 0 Å². The summed E-state index contributed by atoms with van der Waals surface area (Å²) in [6, 6.07) is 7.73. The van der Waals surface area contributed by atoms with Gasteiger partial charge in [0, 0.05) is 30.3 Å². The molecule has 7 heteroatoms. The van der Waals surface area contributed by atoms with E-state index in [0.717, 1.165) is 47.5 Å². The maximum atomic E-state index is 10.8. The number of nitrogen functional groups attached to an aromatic ring is 1. The number of carboxylic acids is 1. The molecule has 0 fully saturated rings. The first-order chi connectivity index (χ1) is 12.9. The lowest BCUT2D eigenvalue weighted by Crippen LogP contribution is -2.22. The second kappa shape index (κ2) is 9.87. The summed E-state index contributed by atoms with van der Waals surface area (Å²) in [5, 5.41) is 21.4. The average Bonchev–Trinajstić information content (AvgIpc) is 2.62. The zero-order chi connectivity index (χ0) is 19.8. The zero-order valence-corrected chi connectivity index (χ0v) is 15.9. The Morgan fingerprint density at radius 3 is 2.48 bits per heavy atom. The van der Waals surface area contributed by atoms with Gasteiger partial charge in [-0.05, 0) is 37.3 Å². The second-order valence-electron chi connectivity index (χ2n) is 6.67. The van der Waals surface area contributed by atoms with Crippen molar-refractivity contribution in [3.63, 3.8) is 0 Å². The first kappa shape index (κ1) is 20.6. The number of aliphatic hydroxyl groups excluding tert-OH is 1. The molecule has 7 nitrogen and oxygen atoms in total. The van der Waals surface area contributed by atoms with Gasteiger partial charge in [0.25, 0.3) is 0 Å². The lowest BCUT2D eigenvalue weighted by Gasteiger charge is -2.20. The lowest BCUT2D eigenvalue weighted by molar-refractivity contribution is -0.136. The van der Waals surface area contributed by atoms with Gasteiger partial charge in [-0.3, -0.25) is 4.79 Å². The van der Waals surface area contributed by atoms with Crippen molar-refractivity contribution >= 4 is 17.7 Å². The smallest absolute Gasteiger partial charge is 0.307 e. The van der Waals surface area contributed by atoms with Gasteiger partial charge in [-0.1, -0.05) is 31.2 Å². The molecule has 0 aliphatic heterocycles. The molecule has 27 heavy (non-hydrogen) atoms. The standard InChI is InChI=1S/C20H28N4O3/c1-3-16(5-4-10-25)23-19-17(13(2)22-20(21)24-19)11-14-6-8-15(9-7-14)12-18(26)27/h6-9,16,25H,3-5,10-12H2,1-2H3,(H,26,27)(H3,21,22,23,24)/t16-/m0/s1. The van der Waals surface area contributed by atoms with Crippen LogP contribution in [0.4, 0.5) is 11.8 Å². The van der Waals surface area contributed by atoms with Gasteiger partial charge in [-0.25, -0.2) is 4.98 Å². The molecule has 1 aromatic carbocycles. The summed E-state index contributed by atoms with van der Waals surface area (Å²) in [5.74, 6) is 0.109. The number of anilines is 2. The number of carboxylic acid groups (broad SMARTS) is 1. The number of aryl methyl sites for hydroxylation is 1. The number of carbonyl (C=O) groups is 1. The van der Waals surface area contributed by atoms with Crippen LogP contribution >= 0.6 is 0 Å². The van der Waals surface area contributed by atoms with E-state index in [-0.39, 0.29) is 25.0 Å². The van der Waals surface area contributed by atoms with Crippen LogP contribution in [0, 0.1) is 6.92 Å². The molecule has 1 atom stereocenters. The van der Waals surface area contributed by atoms with Crippen LogP contribution in [-0.2, 0) is 17.6 Å². The van der Waals surface area contributed by atoms with Gasteiger partial charge in [0.05, 0.1) is 6.42 Å². The maximum Gasteiger partial charge on any atom is 0.307 e. The van der Waals surface area contributed by atoms with Gasteiger partial charge in [-0.2, -0.15) is 4.98 Å². The van der Waals surface area contributed by atoms with Gasteiger partial charge in [-0.15, -0.1) is 0 Å². The summed E-state index contributed by atoms with van der Waals surface area (Å²) >= 11 is 0. The van der Waals surface area contributed by atoms with Crippen LogP contribution in [0.2, 0.25) is 0 Å². The molecule has 0 unspecified atom stereocenters. The monoisotopic (exact) mass is 372 g/mol. The van der Waals surface area contributed by atoms with E-state index >= 15 is 0 Å². The number of nitrogens with one attached hydrogen (secondary N) is 1. The molecular formula is C20H28N4O3. The number of aliphatic hydroxyl groups is 1. The van der Waals surface area contributed by atoms with Crippen LogP contribution in [0.1, 0.15) is 48.6 Å². The Kier molecular flexibility index (Phi) is 7.55. The van der Waals surface area contributed by atoms with Crippen molar-refractivity contribution in [1.82, 2.24) is 9.97 Å². The average molecular weight is 372 g/mol. The van der Waals surface area contributed by atoms with Crippen LogP contribution in [0.3, 0.4) is 0 Å². The van der Waals surface area contributed by atoms with E-state index in [1.807, 2.05) is 31.2 Å². The van der Waals surface area contributed by atoms with Gasteiger partial charge < -0.3 is 21.3 Å². The maximum absolute atomic E-state index is 10.8. The van der Waals surface area contributed by atoms with Crippen molar-refractivity contribution in [2.75, 3.05) is 17.7 Å². The van der Waals surface area contributed by atoms with Crippen LogP contribution in [0.15, 0.2) is 24.3 Å². The highest BCUT2D eigenvalue weighted by molar-refractivity contribution is 5.70. The lowest BCUT2D eigenvalue weighted by atomic mass is 10.0. The van der Waals surface area contributed by atoms with E-state index in [1.54, 1.807) is 0 Å². The molecule has 2 rings (SSSR count). The Labute approximate surface area is 159 Å². The first-order valence-electron chi connectivity index (χ1n) is 9.22. The number of benzene rings is 1. The van der Waals surface area contributed by atoms with Crippen molar-refractivity contribution in [2.24, 2.45) is 0 Å². The van der Waals surface area contributed by atoms with E-state index in [9.17, 15) is 4.79 Å². The van der Waals surface area contributed by atoms with Crippen molar-refractivity contribution in [2.45, 2.75) is 52.0 Å². The number of aromatic nitrogens is 2. The van der Waals surface area contributed by atoms with Crippen LogP contribution in [0.5, 0.6) is 0 Å². The summed E-state index contributed by atoms with van der Waals surface area (Å²) < 4.78 is 0. The van der Waals surface area contributed by atoms with Crippen LogP contribution < -0.4 is 11.1 Å². The number of nitrogens with two attached hydrogens (primary N) is 1. The highest BCUT2D eigenvalue weighted by Crippen LogP contribution is 2.23. The molecule has 0 spiro atoms. The van der Waals surface area contributed by atoms with Crippen molar-refractivity contribution < 1.29 is 15.0 Å². The molecule has 0 saturated carbocycles. The summed E-state index contributed by atoms with van der Waals surface area (Å²) in [6.45, 7) is 4.16. The predicted molar refractivity (Wildman–Crippen MR) is 106 cm³/mol. The second-order valence-corrected chi connectivity index (χ2v) is 6.67. The Morgan fingerprint density at radius 2 is 1.89 bits per heavy atom. The first-order valence-corrected chi connectivity index (χ1v) is 9.22. The molecule has 0 amide bonds. The molecule has 0 saturated heterocycles. The van der Waals surface area contributed by atoms with Crippen molar-refractivity contribution in [1.29, 1.82) is 0 Å². The van der Waals surface area contributed by atoms with Gasteiger partial charge >= 0.3 is 5.97 Å². The van der Waals surface area contributed by atoms with Gasteiger partial charge in [0.1, 0.15) is 5.82 Å². The molecule has 146 valence electrons.